The predicted molar refractivity (Wildman–Crippen MR) is 271 cm³/mol. The highest BCUT2D eigenvalue weighted by Crippen LogP contribution is 2.59. The number of aromatic nitrogens is 1. The van der Waals surface area contributed by atoms with Crippen LogP contribution in [0.5, 0.6) is 0 Å². The van der Waals surface area contributed by atoms with Gasteiger partial charge in [-0.25, -0.2) is 0 Å². The van der Waals surface area contributed by atoms with Gasteiger partial charge in [0.25, 0.3) is 0 Å². The third-order valence-corrected chi connectivity index (χ3v) is 14.7. The van der Waals surface area contributed by atoms with Crippen LogP contribution in [0.2, 0.25) is 0 Å². The van der Waals surface area contributed by atoms with Gasteiger partial charge in [0.2, 0.25) is 0 Å². The van der Waals surface area contributed by atoms with Crippen LogP contribution in [0.4, 0.5) is 17.1 Å². The third-order valence-electron chi connectivity index (χ3n) is 13.5. The fourth-order valence-corrected chi connectivity index (χ4v) is 12.0. The van der Waals surface area contributed by atoms with Gasteiger partial charge in [-0.3, -0.25) is 0 Å². The summed E-state index contributed by atoms with van der Waals surface area (Å²) in [5, 5.41) is 5.14. The van der Waals surface area contributed by atoms with E-state index >= 15 is 0 Å². The number of hydrogen-bond acceptors (Lipinski definition) is 2. The molecule has 0 saturated heterocycles. The summed E-state index contributed by atoms with van der Waals surface area (Å²) in [5.74, 6) is 0. The van der Waals surface area contributed by atoms with Gasteiger partial charge in [-0.2, -0.15) is 0 Å². The molecule has 0 bridgehead atoms. The van der Waals surface area contributed by atoms with E-state index in [-0.39, 0.29) is 0 Å². The average molecular weight is 833 g/mol. The maximum Gasteiger partial charge on any atom is 0.0714 e. The molecule has 0 fully saturated rings. The normalized spacial score (nSPS) is 12.8. The summed E-state index contributed by atoms with van der Waals surface area (Å²) in [5.41, 5.74) is 16.4. The van der Waals surface area contributed by atoms with E-state index in [1.54, 1.807) is 0 Å². The lowest BCUT2D eigenvalue weighted by Crippen LogP contribution is -2.28. The molecule has 300 valence electrons. The van der Waals surface area contributed by atoms with E-state index in [1.807, 2.05) is 11.3 Å². The minimum atomic E-state index is -0.511. The lowest BCUT2D eigenvalue weighted by molar-refractivity contribution is 0.768. The van der Waals surface area contributed by atoms with Crippen LogP contribution >= 0.6 is 11.3 Å². The van der Waals surface area contributed by atoms with Gasteiger partial charge < -0.3 is 9.47 Å². The van der Waals surface area contributed by atoms with Crippen molar-refractivity contribution in [2.45, 2.75) is 5.41 Å². The number of para-hydroxylation sites is 2. The molecule has 3 heteroatoms. The second-order valence-corrected chi connectivity index (χ2v) is 17.8. The van der Waals surface area contributed by atoms with Crippen LogP contribution < -0.4 is 4.90 Å². The molecule has 0 N–H and O–H groups in total. The van der Waals surface area contributed by atoms with Gasteiger partial charge in [-0.15, -0.1) is 11.3 Å². The Morgan fingerprint density at radius 2 is 0.891 bits per heavy atom. The molecule has 0 atom stereocenters. The zero-order valence-electron chi connectivity index (χ0n) is 34.9. The SMILES string of the molecule is c1ccc(C2(c3ccccc3)c3ccccc3-c3c(N(c4ccc(-c5cccc6c5sc5ccccc56)cc4)c4ccc(-n5c6ccccc6c6ccccc65)cc4)cccc32)cc1. The van der Waals surface area contributed by atoms with Crippen LogP contribution in [0, 0.1) is 0 Å². The van der Waals surface area contributed by atoms with E-state index in [2.05, 4.69) is 252 Å². The first-order valence-corrected chi connectivity index (χ1v) is 22.8. The molecule has 64 heavy (non-hydrogen) atoms. The molecule has 12 aromatic rings. The Bertz CT molecular complexity index is 3620. The maximum absolute atomic E-state index is 2.47. The van der Waals surface area contributed by atoms with Crippen LogP contribution in [0.3, 0.4) is 0 Å². The lowest BCUT2D eigenvalue weighted by Gasteiger charge is -2.34. The summed E-state index contributed by atoms with van der Waals surface area (Å²) >= 11 is 1.88. The number of nitrogens with zero attached hydrogens (tertiary/aromatic N) is 2. The van der Waals surface area contributed by atoms with Crippen molar-refractivity contribution in [3.05, 3.63) is 265 Å². The second-order valence-electron chi connectivity index (χ2n) is 16.8. The highest BCUT2D eigenvalue weighted by Gasteiger charge is 2.47. The fourth-order valence-electron chi connectivity index (χ4n) is 10.8. The second kappa shape index (κ2) is 14.6. The quantitative estimate of drug-likeness (QED) is 0.155. The summed E-state index contributed by atoms with van der Waals surface area (Å²) < 4.78 is 5.04. The van der Waals surface area contributed by atoms with Gasteiger partial charge >= 0.3 is 0 Å². The standard InChI is InChI=1S/C61H40N2S/c1-3-17-42(18-4-1)61(43-19-5-2-6-20-43)53-27-11-7-24-52(53)59-54(61)28-16-31-57(59)62(44-35-33-41(34-36-44)47-25-15-26-51-50-23-10-14-32-58(50)64-60(47)51)45-37-39-46(40-38-45)63-55-29-12-8-21-48(55)49-22-9-13-30-56(49)63/h1-40H. The number of rotatable bonds is 7. The predicted octanol–water partition coefficient (Wildman–Crippen LogP) is 16.7. The van der Waals surface area contributed by atoms with Gasteiger partial charge in [0, 0.05) is 53.6 Å². The van der Waals surface area contributed by atoms with E-state index in [9.17, 15) is 0 Å². The fraction of sp³-hybridized carbons (Fsp3) is 0.0164. The van der Waals surface area contributed by atoms with Gasteiger partial charge in [-0.1, -0.05) is 182 Å². The number of benzene rings is 10. The Morgan fingerprint density at radius 3 is 1.58 bits per heavy atom. The molecule has 0 aliphatic heterocycles. The summed E-state index contributed by atoms with van der Waals surface area (Å²) in [6.07, 6.45) is 0. The first-order valence-electron chi connectivity index (χ1n) is 22.0. The number of anilines is 3. The highest BCUT2D eigenvalue weighted by atomic mass is 32.1. The molecule has 1 aliphatic carbocycles. The Kier molecular flexibility index (Phi) is 8.34. The summed E-state index contributed by atoms with van der Waals surface area (Å²) in [6.45, 7) is 0. The van der Waals surface area contributed by atoms with Gasteiger partial charge in [0.1, 0.15) is 0 Å². The molecule has 0 spiro atoms. The van der Waals surface area contributed by atoms with Crippen LogP contribution in [0.15, 0.2) is 243 Å². The van der Waals surface area contributed by atoms with Crippen molar-refractivity contribution in [1.82, 2.24) is 4.57 Å². The molecule has 2 aromatic heterocycles. The van der Waals surface area contributed by atoms with Crippen molar-refractivity contribution in [1.29, 1.82) is 0 Å². The maximum atomic E-state index is 2.47. The van der Waals surface area contributed by atoms with E-state index in [0.29, 0.717) is 0 Å². The molecular weight excluding hydrogens is 793 g/mol. The zero-order chi connectivity index (χ0) is 42.2. The molecule has 0 unspecified atom stereocenters. The van der Waals surface area contributed by atoms with Crippen LogP contribution in [-0.4, -0.2) is 4.57 Å². The van der Waals surface area contributed by atoms with Crippen molar-refractivity contribution >= 4 is 70.4 Å². The van der Waals surface area contributed by atoms with Gasteiger partial charge in [-0.05, 0) is 99.6 Å². The molecule has 2 nitrogen and oxygen atoms in total. The van der Waals surface area contributed by atoms with Crippen molar-refractivity contribution in [3.8, 4) is 27.9 Å². The lowest BCUT2D eigenvalue weighted by atomic mass is 9.68. The smallest absolute Gasteiger partial charge is 0.0714 e. The highest BCUT2D eigenvalue weighted by molar-refractivity contribution is 7.26. The topological polar surface area (TPSA) is 8.17 Å². The Morgan fingerprint density at radius 1 is 0.375 bits per heavy atom. The van der Waals surface area contributed by atoms with Crippen molar-refractivity contribution in [2.75, 3.05) is 4.90 Å². The monoisotopic (exact) mass is 832 g/mol. The molecule has 10 aromatic carbocycles. The molecule has 0 radical (unpaired) electrons. The van der Waals surface area contributed by atoms with Crippen molar-refractivity contribution < 1.29 is 0 Å². The first-order chi connectivity index (χ1) is 31.8. The third kappa shape index (κ3) is 5.38. The minimum Gasteiger partial charge on any atom is -0.310 e. The zero-order valence-corrected chi connectivity index (χ0v) is 35.7. The van der Waals surface area contributed by atoms with Crippen molar-refractivity contribution in [2.24, 2.45) is 0 Å². The Hall–Kier alpha value is -7.98. The summed E-state index contributed by atoms with van der Waals surface area (Å²) in [6, 6.07) is 89.5. The Balaban J connectivity index is 1.03. The van der Waals surface area contributed by atoms with Gasteiger partial charge in [0.05, 0.1) is 22.1 Å². The molecule has 0 amide bonds. The number of thiophene rings is 1. The van der Waals surface area contributed by atoms with Gasteiger partial charge in [0.15, 0.2) is 0 Å². The largest absolute Gasteiger partial charge is 0.310 e. The number of fused-ring (bicyclic) bond motifs is 9. The molecule has 0 saturated carbocycles. The van der Waals surface area contributed by atoms with Crippen LogP contribution in [0.25, 0.3) is 69.9 Å². The van der Waals surface area contributed by atoms with Crippen LogP contribution in [-0.2, 0) is 5.41 Å². The molecule has 1 aliphatic rings. The van der Waals surface area contributed by atoms with E-state index < -0.39 is 5.41 Å². The number of hydrogen-bond donors (Lipinski definition) is 0. The first kappa shape index (κ1) is 36.7. The summed E-state index contributed by atoms with van der Waals surface area (Å²) in [4.78, 5) is 2.47. The van der Waals surface area contributed by atoms with E-state index in [1.165, 1.54) is 86.5 Å². The van der Waals surface area contributed by atoms with E-state index in [4.69, 9.17) is 0 Å². The molecule has 13 rings (SSSR count). The molecular formula is C61H40N2S. The van der Waals surface area contributed by atoms with E-state index in [0.717, 1.165) is 22.7 Å². The van der Waals surface area contributed by atoms with Crippen molar-refractivity contribution in [3.63, 3.8) is 0 Å². The molecule has 2 heterocycles. The van der Waals surface area contributed by atoms with Crippen LogP contribution in [0.1, 0.15) is 22.3 Å². The Labute approximate surface area is 376 Å². The summed E-state index contributed by atoms with van der Waals surface area (Å²) in [7, 11) is 0. The average Bonchev–Trinajstić information content (AvgIpc) is 4.02. The minimum absolute atomic E-state index is 0.511.